The molecule has 2 aromatic carbocycles. The van der Waals surface area contributed by atoms with E-state index < -0.39 is 0 Å². The van der Waals surface area contributed by atoms with Gasteiger partial charge in [-0.1, -0.05) is 48.5 Å². The predicted molar refractivity (Wildman–Crippen MR) is 77.4 cm³/mol. The molecule has 100 valence electrons. The Morgan fingerprint density at radius 3 is 2.37 bits per heavy atom. The lowest BCUT2D eigenvalue weighted by molar-refractivity contribution is 0.108. The van der Waals surface area contributed by atoms with Crippen LogP contribution >= 0.6 is 0 Å². The molecule has 0 saturated heterocycles. The van der Waals surface area contributed by atoms with E-state index in [9.17, 15) is 5.11 Å². The summed E-state index contributed by atoms with van der Waals surface area (Å²) in [6.45, 7) is 2.06. The zero-order valence-corrected chi connectivity index (χ0v) is 11.3. The fourth-order valence-electron chi connectivity index (χ4n) is 2.03. The van der Waals surface area contributed by atoms with Crippen LogP contribution in [0.4, 0.5) is 0 Å². The van der Waals surface area contributed by atoms with Crippen molar-refractivity contribution in [2.24, 2.45) is 0 Å². The SMILES string of the molecule is Cc1ccccc1OC(CO)CCc1ccccc1. The molecule has 0 spiro atoms. The third-order valence-electron chi connectivity index (χ3n) is 3.19. The van der Waals surface area contributed by atoms with Gasteiger partial charge in [0.05, 0.1) is 6.61 Å². The molecule has 0 aliphatic carbocycles. The lowest BCUT2D eigenvalue weighted by Crippen LogP contribution is -2.22. The molecule has 0 saturated carbocycles. The van der Waals surface area contributed by atoms with Gasteiger partial charge in [0.25, 0.3) is 0 Å². The van der Waals surface area contributed by atoms with E-state index in [0.717, 1.165) is 24.2 Å². The van der Waals surface area contributed by atoms with Crippen LogP contribution < -0.4 is 4.74 Å². The van der Waals surface area contributed by atoms with Gasteiger partial charge in [-0.3, -0.25) is 0 Å². The van der Waals surface area contributed by atoms with Crippen molar-refractivity contribution in [2.75, 3.05) is 6.61 Å². The molecular weight excluding hydrogens is 236 g/mol. The highest BCUT2D eigenvalue weighted by molar-refractivity contribution is 5.32. The zero-order chi connectivity index (χ0) is 13.5. The van der Waals surface area contributed by atoms with Crippen molar-refractivity contribution in [1.82, 2.24) is 0 Å². The van der Waals surface area contributed by atoms with Crippen molar-refractivity contribution < 1.29 is 9.84 Å². The van der Waals surface area contributed by atoms with Gasteiger partial charge in [-0.25, -0.2) is 0 Å². The molecule has 0 amide bonds. The highest BCUT2D eigenvalue weighted by atomic mass is 16.5. The van der Waals surface area contributed by atoms with Crippen LogP contribution in [-0.2, 0) is 6.42 Å². The van der Waals surface area contributed by atoms with E-state index in [1.54, 1.807) is 0 Å². The van der Waals surface area contributed by atoms with Crippen molar-refractivity contribution in [3.8, 4) is 5.75 Å². The second-order valence-electron chi connectivity index (χ2n) is 4.71. The quantitative estimate of drug-likeness (QED) is 0.858. The largest absolute Gasteiger partial charge is 0.488 e. The molecule has 1 atom stereocenters. The van der Waals surface area contributed by atoms with E-state index in [2.05, 4.69) is 12.1 Å². The Bertz CT molecular complexity index is 494. The minimum Gasteiger partial charge on any atom is -0.488 e. The minimum absolute atomic E-state index is 0.0428. The van der Waals surface area contributed by atoms with E-state index in [1.807, 2.05) is 49.4 Å². The fraction of sp³-hybridized carbons (Fsp3) is 0.294. The summed E-state index contributed by atoms with van der Waals surface area (Å²) in [5.41, 5.74) is 2.37. The predicted octanol–water partition coefficient (Wildman–Crippen LogP) is 3.37. The Hall–Kier alpha value is -1.80. The Labute approximate surface area is 114 Å². The Balaban J connectivity index is 1.92. The number of para-hydroxylation sites is 1. The summed E-state index contributed by atoms with van der Waals surface area (Å²) < 4.78 is 5.87. The van der Waals surface area contributed by atoms with Gasteiger partial charge in [0, 0.05) is 0 Å². The first kappa shape index (κ1) is 13.6. The van der Waals surface area contributed by atoms with Gasteiger partial charge in [0.2, 0.25) is 0 Å². The lowest BCUT2D eigenvalue weighted by Gasteiger charge is -2.18. The third kappa shape index (κ3) is 4.11. The smallest absolute Gasteiger partial charge is 0.122 e. The average molecular weight is 256 g/mol. The molecule has 1 N–H and O–H groups in total. The molecule has 2 heteroatoms. The van der Waals surface area contributed by atoms with E-state index in [1.165, 1.54) is 5.56 Å². The Morgan fingerprint density at radius 1 is 1.00 bits per heavy atom. The Morgan fingerprint density at radius 2 is 1.68 bits per heavy atom. The molecule has 0 aromatic heterocycles. The van der Waals surface area contributed by atoms with Gasteiger partial charge < -0.3 is 9.84 Å². The molecule has 2 aromatic rings. The number of hydrogen-bond acceptors (Lipinski definition) is 2. The molecule has 0 heterocycles. The second kappa shape index (κ2) is 6.95. The average Bonchev–Trinajstić information content (AvgIpc) is 2.46. The van der Waals surface area contributed by atoms with Crippen molar-refractivity contribution in [3.05, 3.63) is 65.7 Å². The van der Waals surface area contributed by atoms with Gasteiger partial charge in [-0.15, -0.1) is 0 Å². The summed E-state index contributed by atoms with van der Waals surface area (Å²) in [7, 11) is 0. The van der Waals surface area contributed by atoms with Crippen LogP contribution in [0, 0.1) is 6.92 Å². The van der Waals surface area contributed by atoms with Crippen LogP contribution in [0.25, 0.3) is 0 Å². The van der Waals surface area contributed by atoms with Crippen molar-refractivity contribution in [2.45, 2.75) is 25.9 Å². The van der Waals surface area contributed by atoms with Gasteiger partial charge in [0.1, 0.15) is 11.9 Å². The standard InChI is InChI=1S/C17H20O2/c1-14-7-5-6-10-17(14)19-16(13-18)12-11-15-8-3-2-4-9-15/h2-10,16,18H,11-13H2,1H3. The number of rotatable bonds is 6. The first-order chi connectivity index (χ1) is 9.29. The lowest BCUT2D eigenvalue weighted by atomic mass is 10.1. The molecule has 2 nitrogen and oxygen atoms in total. The molecule has 0 aliphatic heterocycles. The van der Waals surface area contributed by atoms with E-state index in [0.29, 0.717) is 0 Å². The second-order valence-corrected chi connectivity index (χ2v) is 4.71. The summed E-state index contributed by atoms with van der Waals surface area (Å²) >= 11 is 0. The summed E-state index contributed by atoms with van der Waals surface area (Å²) in [5.74, 6) is 0.856. The summed E-state index contributed by atoms with van der Waals surface area (Å²) in [6.07, 6.45) is 1.58. The highest BCUT2D eigenvalue weighted by Gasteiger charge is 2.10. The summed E-state index contributed by atoms with van der Waals surface area (Å²) in [5, 5.41) is 9.43. The molecule has 19 heavy (non-hydrogen) atoms. The molecule has 0 bridgehead atoms. The number of benzene rings is 2. The van der Waals surface area contributed by atoms with Crippen LogP contribution in [0.1, 0.15) is 17.5 Å². The van der Waals surface area contributed by atoms with Crippen molar-refractivity contribution in [1.29, 1.82) is 0 Å². The number of aliphatic hydroxyl groups excluding tert-OH is 1. The van der Waals surface area contributed by atoms with Crippen molar-refractivity contribution in [3.63, 3.8) is 0 Å². The van der Waals surface area contributed by atoms with Crippen LogP contribution in [0.2, 0.25) is 0 Å². The third-order valence-corrected chi connectivity index (χ3v) is 3.19. The number of aliphatic hydroxyl groups is 1. The summed E-state index contributed by atoms with van der Waals surface area (Å²) in [6, 6.07) is 18.2. The van der Waals surface area contributed by atoms with Gasteiger partial charge >= 0.3 is 0 Å². The van der Waals surface area contributed by atoms with Crippen LogP contribution in [0.3, 0.4) is 0 Å². The van der Waals surface area contributed by atoms with E-state index in [-0.39, 0.29) is 12.7 Å². The number of ether oxygens (including phenoxy) is 1. The molecular formula is C17H20O2. The van der Waals surface area contributed by atoms with Crippen LogP contribution in [0.15, 0.2) is 54.6 Å². The first-order valence-electron chi connectivity index (χ1n) is 6.66. The number of aryl methyl sites for hydroxylation is 2. The molecule has 0 aliphatic rings. The van der Waals surface area contributed by atoms with Gasteiger partial charge in [-0.05, 0) is 37.0 Å². The highest BCUT2D eigenvalue weighted by Crippen LogP contribution is 2.19. The normalized spacial score (nSPS) is 12.1. The molecule has 0 radical (unpaired) electrons. The molecule has 1 unspecified atom stereocenters. The van der Waals surface area contributed by atoms with Crippen LogP contribution in [0.5, 0.6) is 5.75 Å². The van der Waals surface area contributed by atoms with E-state index in [4.69, 9.17) is 4.74 Å². The van der Waals surface area contributed by atoms with Crippen molar-refractivity contribution >= 4 is 0 Å². The Kier molecular flexibility index (Phi) is 4.99. The maximum atomic E-state index is 9.43. The molecule has 0 fully saturated rings. The monoisotopic (exact) mass is 256 g/mol. The van der Waals surface area contributed by atoms with Gasteiger partial charge in [0.15, 0.2) is 0 Å². The van der Waals surface area contributed by atoms with Gasteiger partial charge in [-0.2, -0.15) is 0 Å². The van der Waals surface area contributed by atoms with E-state index >= 15 is 0 Å². The minimum atomic E-state index is -0.152. The zero-order valence-electron chi connectivity index (χ0n) is 11.3. The first-order valence-corrected chi connectivity index (χ1v) is 6.66. The van der Waals surface area contributed by atoms with Crippen LogP contribution in [-0.4, -0.2) is 17.8 Å². The summed E-state index contributed by atoms with van der Waals surface area (Å²) in [4.78, 5) is 0. The fourth-order valence-corrected chi connectivity index (χ4v) is 2.03. The maximum absolute atomic E-state index is 9.43. The number of hydrogen-bond donors (Lipinski definition) is 1. The maximum Gasteiger partial charge on any atom is 0.122 e. The topological polar surface area (TPSA) is 29.5 Å². The molecule has 2 rings (SSSR count).